The van der Waals surface area contributed by atoms with Gasteiger partial charge in [0.05, 0.1) is 19.6 Å². The van der Waals surface area contributed by atoms with Crippen LogP contribution in [0.15, 0.2) is 46.3 Å². The van der Waals surface area contributed by atoms with Crippen molar-refractivity contribution in [1.29, 1.82) is 0 Å². The number of carbonyl (C=O) groups is 2. The van der Waals surface area contributed by atoms with Gasteiger partial charge in [0.25, 0.3) is 0 Å². The largest absolute Gasteiger partial charge is 0.469 e. The minimum atomic E-state index is -0.325. The van der Waals surface area contributed by atoms with Crippen LogP contribution in [0, 0.1) is 5.92 Å². The fourth-order valence-electron chi connectivity index (χ4n) is 2.80. The molecule has 0 spiro atoms. The average molecular weight is 408 g/mol. The summed E-state index contributed by atoms with van der Waals surface area (Å²) in [6.45, 7) is 0. The fraction of sp³-hybridized carbons (Fsp3) is 0.333. The number of carbonyl (C=O) groups excluding carboxylic acids is 2. The van der Waals surface area contributed by atoms with Crippen LogP contribution >= 0.6 is 27.3 Å². The lowest BCUT2D eigenvalue weighted by Crippen LogP contribution is -2.31. The first-order valence-electron chi connectivity index (χ1n) is 7.74. The third kappa shape index (κ3) is 4.05. The van der Waals surface area contributed by atoms with Crippen molar-refractivity contribution >= 4 is 39.1 Å². The van der Waals surface area contributed by atoms with Crippen LogP contribution in [0.4, 0.5) is 0 Å². The van der Waals surface area contributed by atoms with Gasteiger partial charge in [0, 0.05) is 15.3 Å². The van der Waals surface area contributed by atoms with E-state index in [1.54, 1.807) is 0 Å². The normalized spacial score (nSPS) is 20.2. The predicted molar refractivity (Wildman–Crippen MR) is 96.8 cm³/mol. The maximum atomic E-state index is 12.6. The third-order valence-corrected chi connectivity index (χ3v) is 5.74. The van der Waals surface area contributed by atoms with Crippen LogP contribution in [-0.2, 0) is 14.3 Å². The molecule has 0 saturated heterocycles. The van der Waals surface area contributed by atoms with Crippen molar-refractivity contribution in [2.75, 3.05) is 7.11 Å². The van der Waals surface area contributed by atoms with Crippen LogP contribution in [0.3, 0.4) is 0 Å². The molecule has 0 radical (unpaired) electrons. The van der Waals surface area contributed by atoms with E-state index in [9.17, 15) is 9.59 Å². The van der Waals surface area contributed by atoms with E-state index in [-0.39, 0.29) is 36.2 Å². The molecule has 1 saturated carbocycles. The van der Waals surface area contributed by atoms with E-state index in [4.69, 9.17) is 4.74 Å². The number of hydrogen-bond acceptors (Lipinski definition) is 4. The fourth-order valence-corrected chi connectivity index (χ4v) is 3.85. The second kappa shape index (κ2) is 7.49. The molecule has 3 rings (SSSR count). The Bertz CT molecular complexity index is 714. The van der Waals surface area contributed by atoms with Crippen molar-refractivity contribution in [3.05, 3.63) is 56.7 Å². The zero-order valence-corrected chi connectivity index (χ0v) is 15.6. The number of halogens is 1. The molecule has 0 aliphatic heterocycles. The lowest BCUT2D eigenvalue weighted by Gasteiger charge is -2.16. The SMILES string of the molecule is COC(=O)CC(NC(=O)C1CC1c1ccc(Br)cc1)c1cccs1. The minimum Gasteiger partial charge on any atom is -0.469 e. The van der Waals surface area contributed by atoms with Gasteiger partial charge < -0.3 is 10.1 Å². The maximum absolute atomic E-state index is 12.6. The highest BCUT2D eigenvalue weighted by Crippen LogP contribution is 2.48. The molecular formula is C18H18BrNO3S. The summed E-state index contributed by atoms with van der Waals surface area (Å²) in [5.41, 5.74) is 1.18. The molecule has 126 valence electrons. The van der Waals surface area contributed by atoms with Crippen LogP contribution in [0.2, 0.25) is 0 Å². The molecule has 4 nitrogen and oxygen atoms in total. The molecule has 1 aromatic carbocycles. The third-order valence-electron chi connectivity index (χ3n) is 4.23. The smallest absolute Gasteiger partial charge is 0.307 e. The standard InChI is InChI=1S/C18H18BrNO3S/c1-23-17(21)10-15(16-3-2-8-24-16)20-18(22)14-9-13(14)11-4-6-12(19)7-5-11/h2-8,13-15H,9-10H2,1H3,(H,20,22). The Balaban J connectivity index is 1.64. The quantitative estimate of drug-likeness (QED) is 0.735. The van der Waals surface area contributed by atoms with E-state index in [1.807, 2.05) is 41.8 Å². The van der Waals surface area contributed by atoms with Crippen LogP contribution in [-0.4, -0.2) is 19.0 Å². The van der Waals surface area contributed by atoms with Gasteiger partial charge in [0.1, 0.15) is 0 Å². The topological polar surface area (TPSA) is 55.4 Å². The summed E-state index contributed by atoms with van der Waals surface area (Å²) in [5, 5.41) is 4.96. The number of hydrogen-bond donors (Lipinski definition) is 1. The Morgan fingerprint density at radius 1 is 1.33 bits per heavy atom. The number of ether oxygens (including phenoxy) is 1. The van der Waals surface area contributed by atoms with Gasteiger partial charge in [-0.05, 0) is 41.5 Å². The molecule has 1 heterocycles. The van der Waals surface area contributed by atoms with Crippen molar-refractivity contribution in [3.63, 3.8) is 0 Å². The lowest BCUT2D eigenvalue weighted by atomic mass is 10.1. The van der Waals surface area contributed by atoms with Crippen molar-refractivity contribution in [3.8, 4) is 0 Å². The van der Waals surface area contributed by atoms with Gasteiger partial charge in [-0.1, -0.05) is 34.1 Å². The van der Waals surface area contributed by atoms with Gasteiger partial charge in [0.2, 0.25) is 5.91 Å². The first-order valence-corrected chi connectivity index (χ1v) is 9.42. The predicted octanol–water partition coefficient (Wildman–Crippen LogP) is 4.03. The summed E-state index contributed by atoms with van der Waals surface area (Å²) >= 11 is 4.95. The monoisotopic (exact) mass is 407 g/mol. The molecule has 3 atom stereocenters. The van der Waals surface area contributed by atoms with Gasteiger partial charge in [0.15, 0.2) is 0 Å². The second-order valence-electron chi connectivity index (χ2n) is 5.86. The summed E-state index contributed by atoms with van der Waals surface area (Å²) < 4.78 is 5.78. The van der Waals surface area contributed by atoms with Crippen LogP contribution in [0.1, 0.15) is 35.2 Å². The maximum Gasteiger partial charge on any atom is 0.307 e. The van der Waals surface area contributed by atoms with Crippen LogP contribution in [0.5, 0.6) is 0 Å². The van der Waals surface area contributed by atoms with Gasteiger partial charge in [-0.3, -0.25) is 9.59 Å². The highest BCUT2D eigenvalue weighted by molar-refractivity contribution is 9.10. The van der Waals surface area contributed by atoms with E-state index in [0.29, 0.717) is 0 Å². The average Bonchev–Trinajstić information content (AvgIpc) is 3.19. The van der Waals surface area contributed by atoms with Gasteiger partial charge in [-0.2, -0.15) is 0 Å². The molecule has 24 heavy (non-hydrogen) atoms. The lowest BCUT2D eigenvalue weighted by molar-refractivity contribution is -0.141. The number of amides is 1. The van der Waals surface area contributed by atoms with E-state index >= 15 is 0 Å². The first kappa shape index (κ1) is 17.2. The van der Waals surface area contributed by atoms with E-state index in [2.05, 4.69) is 21.2 Å². The van der Waals surface area contributed by atoms with Gasteiger partial charge in [-0.25, -0.2) is 0 Å². The summed E-state index contributed by atoms with van der Waals surface area (Å²) in [5.74, 6) is -0.0781. The Kier molecular flexibility index (Phi) is 5.36. The van der Waals surface area contributed by atoms with Crippen LogP contribution < -0.4 is 5.32 Å². The Morgan fingerprint density at radius 2 is 2.08 bits per heavy atom. The van der Waals surface area contributed by atoms with Gasteiger partial charge in [-0.15, -0.1) is 11.3 Å². The highest BCUT2D eigenvalue weighted by Gasteiger charge is 2.44. The zero-order valence-electron chi connectivity index (χ0n) is 13.2. The van der Waals surface area contributed by atoms with E-state index in [0.717, 1.165) is 15.8 Å². The molecule has 1 aromatic heterocycles. The number of methoxy groups -OCH3 is 1. The number of benzene rings is 1. The van der Waals surface area contributed by atoms with E-state index < -0.39 is 0 Å². The molecular weight excluding hydrogens is 390 g/mol. The highest BCUT2D eigenvalue weighted by atomic mass is 79.9. The Labute approximate surface area is 153 Å². The van der Waals surface area contributed by atoms with Crippen LogP contribution in [0.25, 0.3) is 0 Å². The Morgan fingerprint density at radius 3 is 2.71 bits per heavy atom. The molecule has 0 bridgehead atoms. The van der Waals surface area contributed by atoms with Crippen molar-refractivity contribution in [2.45, 2.75) is 24.8 Å². The second-order valence-corrected chi connectivity index (χ2v) is 7.75. The van der Waals surface area contributed by atoms with Crippen molar-refractivity contribution in [1.82, 2.24) is 5.32 Å². The summed E-state index contributed by atoms with van der Waals surface area (Å²) in [4.78, 5) is 25.2. The van der Waals surface area contributed by atoms with Crippen molar-refractivity contribution in [2.24, 2.45) is 5.92 Å². The molecule has 1 amide bonds. The molecule has 1 aliphatic rings. The molecule has 2 aromatic rings. The molecule has 1 N–H and O–H groups in total. The zero-order chi connectivity index (χ0) is 17.1. The number of nitrogens with one attached hydrogen (secondary N) is 1. The Hall–Kier alpha value is -1.66. The summed E-state index contributed by atoms with van der Waals surface area (Å²) in [6, 6.07) is 11.6. The number of esters is 1. The summed E-state index contributed by atoms with van der Waals surface area (Å²) in [6.07, 6.45) is 1.00. The minimum absolute atomic E-state index is 0.00484. The van der Waals surface area contributed by atoms with Crippen molar-refractivity contribution < 1.29 is 14.3 Å². The number of thiophene rings is 1. The summed E-state index contributed by atoms with van der Waals surface area (Å²) in [7, 11) is 1.36. The first-order chi connectivity index (χ1) is 11.6. The molecule has 1 aliphatic carbocycles. The van der Waals surface area contributed by atoms with E-state index in [1.165, 1.54) is 24.0 Å². The van der Waals surface area contributed by atoms with Gasteiger partial charge >= 0.3 is 5.97 Å². The molecule has 6 heteroatoms. The molecule has 3 unspecified atom stereocenters. The molecule has 1 fully saturated rings. The number of rotatable bonds is 6.